The standard InChI is InChI=1S/C25H42O4.C25H38O4.C24H38O2.C24H36O2/c2*1-2-3-4-5-6-7-8-9-10-11-12-13-14-15-16-17-18-19-20-21-25(28)29-23-24(27)22-26;2*1-3-5-6-7-8-9-10-11-12-13-14-15-16-17-18-19-20-21-22-23-24(25)26-4-2/h3-4,6-7,9-10,12-13,24,26-27H,2,5,8,11,14-23H2,1H3;3-4,6-7,9-10,12-13,15-16,18-19,24,26-27H,2,5,8,11,14,17,20-23H2,1H3;5-6,8-9,11-12,14-15,17-18H,3-4,7,10,13,16,19-23H2,1-2H3;5-6,8-9,11-12,14-15,17-18,20-21H,3-4,7,10,13,16,19,22-23H2,1-2H3/b4-3-,7-6-,10-9-,13-12-;4-3-,7-6-,10-9-,13-12-,16-15-,19-18-;6-5-,9-8-,12-11-,15-14-,18-17-;6-5-,9-8-,12-11-,15-14-,18-17-,21-20-. The summed E-state index contributed by atoms with van der Waals surface area (Å²) in [6.07, 6.45) is 126. The predicted molar refractivity (Wildman–Crippen MR) is 471 cm³/mol. The van der Waals surface area contributed by atoms with Crippen LogP contribution in [0.2, 0.25) is 0 Å². The summed E-state index contributed by atoms with van der Waals surface area (Å²) in [6, 6.07) is 0. The van der Waals surface area contributed by atoms with Crippen LogP contribution in [0.1, 0.15) is 286 Å². The van der Waals surface area contributed by atoms with Crippen LogP contribution in [0.3, 0.4) is 0 Å². The molecule has 2 atom stereocenters. The summed E-state index contributed by atoms with van der Waals surface area (Å²) in [5.74, 6) is -0.844. The van der Waals surface area contributed by atoms with E-state index in [1.807, 2.05) is 32.1 Å². The molecule has 2 unspecified atom stereocenters. The maximum atomic E-state index is 11.4. The second-order valence-corrected chi connectivity index (χ2v) is 25.5. The van der Waals surface area contributed by atoms with E-state index in [9.17, 15) is 19.2 Å². The number of carbonyl (C=O) groups excluding carboxylic acids is 4. The first kappa shape index (κ1) is 109. The van der Waals surface area contributed by atoms with Crippen LogP contribution in [-0.2, 0) is 38.1 Å². The molecule has 4 N–H and O–H groups in total. The molecule has 0 amide bonds. The lowest BCUT2D eigenvalue weighted by Crippen LogP contribution is -2.21. The van der Waals surface area contributed by atoms with Gasteiger partial charge >= 0.3 is 23.9 Å². The molecule has 0 aliphatic rings. The minimum Gasteiger partial charge on any atom is -0.466 e. The van der Waals surface area contributed by atoms with Gasteiger partial charge in [-0.15, -0.1) is 0 Å². The molecule has 618 valence electrons. The Morgan fingerprint density at radius 3 is 0.618 bits per heavy atom. The quantitative estimate of drug-likeness (QED) is 0.0196. The molecule has 12 nitrogen and oxygen atoms in total. The summed E-state index contributed by atoms with van der Waals surface area (Å²) in [7, 11) is 0. The van der Waals surface area contributed by atoms with Gasteiger partial charge in [-0.05, 0) is 200 Å². The van der Waals surface area contributed by atoms with Gasteiger partial charge in [-0.1, -0.05) is 315 Å². The molecule has 0 rings (SSSR count). The minimum atomic E-state index is -0.996. The van der Waals surface area contributed by atoms with Crippen molar-refractivity contribution in [2.45, 2.75) is 298 Å². The van der Waals surface area contributed by atoms with Gasteiger partial charge in [-0.2, -0.15) is 0 Å². The average Bonchev–Trinajstić information content (AvgIpc) is 1.16. The van der Waals surface area contributed by atoms with Gasteiger partial charge in [0.25, 0.3) is 0 Å². The van der Waals surface area contributed by atoms with E-state index >= 15 is 0 Å². The molecule has 0 aliphatic carbocycles. The first-order valence-electron chi connectivity index (χ1n) is 41.9. The average molecular weight is 1520 g/mol. The van der Waals surface area contributed by atoms with Gasteiger partial charge in [0.2, 0.25) is 0 Å². The second-order valence-electron chi connectivity index (χ2n) is 25.5. The molecule has 0 bridgehead atoms. The SMILES string of the molecule is CC/C=C\C/C=C\C/C=C\C/C=C\C/C=C\C/C=C\CCC(=O)OCC.CC/C=C\C/C=C\C/C=C\C/C=C\C/C=C\C/C=C\CCC(=O)OCC(O)CO.CC/C=C\C/C=C\C/C=C\C/C=C\C/C=C\CCCCCC(=O)OCC.CC/C=C\C/C=C\C/C=C\C/C=C\CCCCCCCCC(=O)OCC(O)CO. The van der Waals surface area contributed by atoms with Gasteiger partial charge in [-0.3, -0.25) is 19.2 Å². The Balaban J connectivity index is -0.000000682. The molecule has 0 aliphatic heterocycles. The molecule has 110 heavy (non-hydrogen) atoms. The number of rotatable bonds is 67. The van der Waals surface area contributed by atoms with E-state index in [0.29, 0.717) is 38.9 Å². The van der Waals surface area contributed by atoms with Crippen LogP contribution in [0.25, 0.3) is 0 Å². The molecule has 0 radical (unpaired) electrons. The molecular formula is C98H154O12. The topological polar surface area (TPSA) is 186 Å². The highest BCUT2D eigenvalue weighted by Crippen LogP contribution is 2.11. The van der Waals surface area contributed by atoms with Crippen molar-refractivity contribution in [2.24, 2.45) is 0 Å². The summed E-state index contributed by atoms with van der Waals surface area (Å²) in [6.45, 7) is 12.2. The highest BCUT2D eigenvalue weighted by atomic mass is 16.6. The van der Waals surface area contributed by atoms with Crippen LogP contribution in [0, 0.1) is 0 Å². The normalized spacial score (nSPS) is 13.2. The molecule has 12 heteroatoms. The van der Waals surface area contributed by atoms with Crippen molar-refractivity contribution in [1.82, 2.24) is 0 Å². The van der Waals surface area contributed by atoms with E-state index in [1.165, 1.54) is 19.3 Å². The lowest BCUT2D eigenvalue weighted by atomic mass is 10.1. The highest BCUT2D eigenvalue weighted by Gasteiger charge is 2.08. The molecule has 0 aromatic rings. The van der Waals surface area contributed by atoms with Crippen molar-refractivity contribution in [3.05, 3.63) is 255 Å². The van der Waals surface area contributed by atoms with Gasteiger partial charge in [0, 0.05) is 25.7 Å². The number of esters is 4. The fourth-order valence-corrected chi connectivity index (χ4v) is 9.19. The third-order valence-corrected chi connectivity index (χ3v) is 15.3. The zero-order valence-electron chi connectivity index (χ0n) is 69.6. The molecule has 0 aromatic carbocycles. The fourth-order valence-electron chi connectivity index (χ4n) is 9.19. The molecule has 0 fully saturated rings. The van der Waals surface area contributed by atoms with E-state index in [4.69, 9.17) is 39.4 Å². The van der Waals surface area contributed by atoms with Crippen LogP contribution in [0.4, 0.5) is 0 Å². The fraction of sp³-hybridized carbons (Fsp3) is 0.531. The molecule has 0 spiro atoms. The maximum Gasteiger partial charge on any atom is 0.306 e. The van der Waals surface area contributed by atoms with Crippen molar-refractivity contribution < 1.29 is 58.6 Å². The Morgan fingerprint density at radius 2 is 0.391 bits per heavy atom. The summed E-state index contributed by atoms with van der Waals surface area (Å²) in [5, 5.41) is 35.4. The van der Waals surface area contributed by atoms with Gasteiger partial charge < -0.3 is 39.4 Å². The largest absolute Gasteiger partial charge is 0.466 e. The number of unbranched alkanes of at least 4 members (excludes halogenated alkanes) is 9. The van der Waals surface area contributed by atoms with Crippen LogP contribution < -0.4 is 0 Å². The van der Waals surface area contributed by atoms with Crippen LogP contribution in [0.15, 0.2) is 255 Å². The first-order chi connectivity index (χ1) is 54.0. The van der Waals surface area contributed by atoms with E-state index in [-0.39, 0.29) is 50.1 Å². The van der Waals surface area contributed by atoms with E-state index in [0.717, 1.165) is 193 Å². The Labute approximate surface area is 671 Å². The van der Waals surface area contributed by atoms with Crippen LogP contribution in [-0.4, -0.2) is 96.2 Å². The number of ether oxygens (including phenoxy) is 4. The summed E-state index contributed by atoms with van der Waals surface area (Å²) >= 11 is 0. The zero-order chi connectivity index (χ0) is 81.1. The Morgan fingerprint density at radius 1 is 0.218 bits per heavy atom. The van der Waals surface area contributed by atoms with Crippen molar-refractivity contribution in [2.75, 3.05) is 39.6 Å². The Bertz CT molecular complexity index is 2710. The van der Waals surface area contributed by atoms with E-state index < -0.39 is 18.8 Å². The van der Waals surface area contributed by atoms with Gasteiger partial charge in [0.1, 0.15) is 25.4 Å². The van der Waals surface area contributed by atoms with Crippen molar-refractivity contribution >= 4 is 23.9 Å². The Hall–Kier alpha value is -7.74. The molecule has 0 saturated heterocycles. The van der Waals surface area contributed by atoms with Crippen LogP contribution >= 0.6 is 0 Å². The van der Waals surface area contributed by atoms with Crippen molar-refractivity contribution in [3.63, 3.8) is 0 Å². The third-order valence-electron chi connectivity index (χ3n) is 15.3. The molecule has 0 aromatic heterocycles. The van der Waals surface area contributed by atoms with Gasteiger partial charge in [0.15, 0.2) is 0 Å². The van der Waals surface area contributed by atoms with Crippen LogP contribution in [0.5, 0.6) is 0 Å². The lowest BCUT2D eigenvalue weighted by Gasteiger charge is -2.08. The van der Waals surface area contributed by atoms with E-state index in [1.54, 1.807) is 0 Å². The number of aliphatic hydroxyl groups excluding tert-OH is 4. The highest BCUT2D eigenvalue weighted by molar-refractivity contribution is 5.70. The number of hydrogen-bond donors (Lipinski definition) is 4. The summed E-state index contributed by atoms with van der Waals surface area (Å²) in [4.78, 5) is 45.1. The molecular weight excluding hydrogens is 1370 g/mol. The number of hydrogen-bond acceptors (Lipinski definition) is 12. The van der Waals surface area contributed by atoms with E-state index in [2.05, 4.69) is 265 Å². The summed E-state index contributed by atoms with van der Waals surface area (Å²) < 4.78 is 19.5. The minimum absolute atomic E-state index is 0.0672. The van der Waals surface area contributed by atoms with Crippen molar-refractivity contribution in [1.29, 1.82) is 0 Å². The zero-order valence-corrected chi connectivity index (χ0v) is 69.6. The molecule has 0 heterocycles. The molecule has 0 saturated carbocycles. The monoisotopic (exact) mass is 1520 g/mol. The smallest absolute Gasteiger partial charge is 0.306 e. The second kappa shape index (κ2) is 101. The predicted octanol–water partition coefficient (Wildman–Crippen LogP) is 25.4. The van der Waals surface area contributed by atoms with Crippen molar-refractivity contribution in [3.8, 4) is 0 Å². The first-order valence-corrected chi connectivity index (χ1v) is 41.9. The third kappa shape index (κ3) is 107. The summed E-state index contributed by atoms with van der Waals surface area (Å²) in [5.41, 5.74) is 0. The number of allylic oxidation sites excluding steroid dienone is 42. The number of aliphatic hydroxyl groups is 4. The van der Waals surface area contributed by atoms with Gasteiger partial charge in [-0.25, -0.2) is 0 Å². The van der Waals surface area contributed by atoms with Gasteiger partial charge in [0.05, 0.1) is 26.4 Å². The lowest BCUT2D eigenvalue weighted by molar-refractivity contribution is -0.148. The maximum absolute atomic E-state index is 11.4. The Kier molecular flexibility index (Phi) is 100.0. The number of carbonyl (C=O) groups is 4.